The number of anilines is 1. The zero-order valence-electron chi connectivity index (χ0n) is 16.0. The molecular formula is C19H19FN4O4S. The summed E-state index contributed by atoms with van der Waals surface area (Å²) in [7, 11) is -2.04. The Morgan fingerprint density at radius 2 is 1.97 bits per heavy atom. The second-order valence-corrected chi connectivity index (χ2v) is 8.29. The summed E-state index contributed by atoms with van der Waals surface area (Å²) in [5, 5.41) is 0. The molecule has 2 aromatic heterocycles. The lowest BCUT2D eigenvalue weighted by atomic mass is 10.2. The van der Waals surface area contributed by atoms with Gasteiger partial charge in [-0.1, -0.05) is 12.1 Å². The highest BCUT2D eigenvalue weighted by Gasteiger charge is 2.16. The minimum atomic E-state index is -3.62. The first kappa shape index (κ1) is 20.5. The number of nitrogens with one attached hydrogen (secondary N) is 1. The molecule has 152 valence electrons. The van der Waals surface area contributed by atoms with Gasteiger partial charge in [-0.05, 0) is 31.5 Å². The standard InChI is InChI=1S/C19H19FN4O4S/c1-4-29(26,27)23-16-10-15(13-8-9-17(25)24(3)11-13)21-19(22-16)28-18-12(2)6-5-7-14(18)20/h5-11H,4H2,1-3H3,(H,21,22,23). The van der Waals surface area contributed by atoms with Crippen molar-refractivity contribution in [1.82, 2.24) is 14.5 Å². The molecule has 0 atom stereocenters. The number of halogens is 1. The summed E-state index contributed by atoms with van der Waals surface area (Å²) in [4.78, 5) is 20.0. The van der Waals surface area contributed by atoms with Crippen LogP contribution in [0.2, 0.25) is 0 Å². The van der Waals surface area contributed by atoms with Gasteiger partial charge in [-0.25, -0.2) is 12.8 Å². The fourth-order valence-corrected chi connectivity index (χ4v) is 3.05. The maximum Gasteiger partial charge on any atom is 0.324 e. The van der Waals surface area contributed by atoms with E-state index in [-0.39, 0.29) is 28.9 Å². The van der Waals surface area contributed by atoms with Crippen LogP contribution < -0.4 is 15.0 Å². The van der Waals surface area contributed by atoms with Crippen LogP contribution in [0, 0.1) is 12.7 Å². The van der Waals surface area contributed by atoms with E-state index in [1.807, 2.05) is 0 Å². The number of sulfonamides is 1. The minimum absolute atomic E-state index is 0.0327. The predicted molar refractivity (Wildman–Crippen MR) is 107 cm³/mol. The Morgan fingerprint density at radius 3 is 2.62 bits per heavy atom. The third-order valence-corrected chi connectivity index (χ3v) is 5.36. The van der Waals surface area contributed by atoms with E-state index >= 15 is 0 Å². The predicted octanol–water partition coefficient (Wildman–Crippen LogP) is 2.84. The van der Waals surface area contributed by atoms with Crippen LogP contribution in [0.4, 0.5) is 10.2 Å². The number of pyridine rings is 1. The highest BCUT2D eigenvalue weighted by molar-refractivity contribution is 7.92. The molecular weight excluding hydrogens is 399 g/mol. The topological polar surface area (TPSA) is 103 Å². The molecule has 3 aromatic rings. The summed E-state index contributed by atoms with van der Waals surface area (Å²) < 4.78 is 47.3. The summed E-state index contributed by atoms with van der Waals surface area (Å²) in [6.45, 7) is 3.15. The van der Waals surface area contributed by atoms with Crippen molar-refractivity contribution in [3.05, 3.63) is 64.3 Å². The summed E-state index contributed by atoms with van der Waals surface area (Å²) in [6.07, 6.45) is 1.54. The molecule has 1 aromatic carbocycles. The zero-order valence-corrected chi connectivity index (χ0v) is 16.8. The monoisotopic (exact) mass is 418 g/mol. The Labute approximate surface area is 167 Å². The number of rotatable bonds is 6. The van der Waals surface area contributed by atoms with E-state index < -0.39 is 15.8 Å². The van der Waals surface area contributed by atoms with E-state index in [1.165, 1.54) is 29.7 Å². The van der Waals surface area contributed by atoms with Crippen molar-refractivity contribution in [3.8, 4) is 23.0 Å². The van der Waals surface area contributed by atoms with Crippen molar-refractivity contribution in [1.29, 1.82) is 0 Å². The Balaban J connectivity index is 2.12. The second kappa shape index (κ2) is 8.00. The highest BCUT2D eigenvalue weighted by atomic mass is 32.2. The fourth-order valence-electron chi connectivity index (χ4n) is 2.49. The number of hydrogen-bond donors (Lipinski definition) is 1. The number of benzene rings is 1. The van der Waals surface area contributed by atoms with Gasteiger partial charge >= 0.3 is 6.01 Å². The van der Waals surface area contributed by atoms with Crippen LogP contribution in [0.1, 0.15) is 12.5 Å². The van der Waals surface area contributed by atoms with Crippen LogP contribution in [0.3, 0.4) is 0 Å². The smallest absolute Gasteiger partial charge is 0.324 e. The molecule has 0 bridgehead atoms. The molecule has 0 aliphatic heterocycles. The first-order valence-corrected chi connectivity index (χ1v) is 10.3. The molecule has 0 radical (unpaired) electrons. The van der Waals surface area contributed by atoms with Crippen molar-refractivity contribution in [2.45, 2.75) is 13.8 Å². The molecule has 0 unspecified atom stereocenters. The number of hydrogen-bond acceptors (Lipinski definition) is 6. The van der Waals surface area contributed by atoms with Crippen molar-refractivity contribution >= 4 is 15.8 Å². The molecule has 1 N–H and O–H groups in total. The van der Waals surface area contributed by atoms with Crippen LogP contribution in [0.25, 0.3) is 11.3 Å². The fraction of sp³-hybridized carbons (Fsp3) is 0.211. The average Bonchev–Trinajstić information content (AvgIpc) is 2.66. The first-order valence-electron chi connectivity index (χ1n) is 8.68. The van der Waals surface area contributed by atoms with Crippen LogP contribution in [-0.4, -0.2) is 28.7 Å². The molecule has 2 heterocycles. The van der Waals surface area contributed by atoms with Gasteiger partial charge in [0.05, 0.1) is 11.4 Å². The summed E-state index contributed by atoms with van der Waals surface area (Å²) in [6, 6.07) is 8.51. The van der Waals surface area contributed by atoms with E-state index in [1.54, 1.807) is 38.4 Å². The molecule has 29 heavy (non-hydrogen) atoms. The number of nitrogens with zero attached hydrogens (tertiary/aromatic N) is 3. The number of aryl methyl sites for hydroxylation is 2. The quantitative estimate of drug-likeness (QED) is 0.660. The van der Waals surface area contributed by atoms with E-state index in [9.17, 15) is 17.6 Å². The van der Waals surface area contributed by atoms with Gasteiger partial charge < -0.3 is 9.30 Å². The second-order valence-electron chi connectivity index (χ2n) is 6.28. The molecule has 0 spiro atoms. The lowest BCUT2D eigenvalue weighted by Crippen LogP contribution is -2.16. The Morgan fingerprint density at radius 1 is 1.21 bits per heavy atom. The van der Waals surface area contributed by atoms with Gasteiger partial charge in [0.15, 0.2) is 11.6 Å². The van der Waals surface area contributed by atoms with Gasteiger partial charge in [-0.2, -0.15) is 9.97 Å². The van der Waals surface area contributed by atoms with Gasteiger partial charge in [0, 0.05) is 30.9 Å². The molecule has 8 nitrogen and oxygen atoms in total. The Hall–Kier alpha value is -3.27. The van der Waals surface area contributed by atoms with Crippen molar-refractivity contribution in [3.63, 3.8) is 0 Å². The van der Waals surface area contributed by atoms with Crippen LogP contribution in [0.5, 0.6) is 11.8 Å². The first-order chi connectivity index (χ1) is 13.7. The maximum atomic E-state index is 14.2. The highest BCUT2D eigenvalue weighted by Crippen LogP contribution is 2.29. The van der Waals surface area contributed by atoms with Crippen molar-refractivity contribution < 1.29 is 17.5 Å². The third kappa shape index (κ3) is 4.77. The largest absolute Gasteiger partial charge is 0.421 e. The van der Waals surface area contributed by atoms with Gasteiger partial charge in [-0.3, -0.25) is 9.52 Å². The molecule has 0 aliphatic rings. The minimum Gasteiger partial charge on any atom is -0.421 e. The SMILES string of the molecule is CCS(=O)(=O)Nc1cc(-c2ccc(=O)n(C)c2)nc(Oc2c(C)cccc2F)n1. The van der Waals surface area contributed by atoms with E-state index in [2.05, 4.69) is 14.7 Å². The summed E-state index contributed by atoms with van der Waals surface area (Å²) in [5.41, 5.74) is 1.14. The van der Waals surface area contributed by atoms with Crippen molar-refractivity contribution in [2.24, 2.45) is 7.05 Å². The average molecular weight is 418 g/mol. The van der Waals surface area contributed by atoms with E-state index in [0.717, 1.165) is 0 Å². The maximum absolute atomic E-state index is 14.2. The number of ether oxygens (including phenoxy) is 1. The zero-order chi connectivity index (χ0) is 21.2. The molecule has 10 heteroatoms. The Kier molecular flexibility index (Phi) is 5.64. The molecule has 0 saturated heterocycles. The molecule has 3 rings (SSSR count). The molecule has 0 fully saturated rings. The van der Waals surface area contributed by atoms with Gasteiger partial charge in [-0.15, -0.1) is 0 Å². The van der Waals surface area contributed by atoms with Crippen LogP contribution >= 0.6 is 0 Å². The molecule has 0 aliphatic carbocycles. The van der Waals surface area contributed by atoms with Crippen LogP contribution in [-0.2, 0) is 17.1 Å². The normalized spacial score (nSPS) is 11.3. The lowest BCUT2D eigenvalue weighted by molar-refractivity contribution is 0.409. The third-order valence-electron chi connectivity index (χ3n) is 4.08. The van der Waals surface area contributed by atoms with Crippen LogP contribution in [0.15, 0.2) is 47.4 Å². The molecule has 0 saturated carbocycles. The van der Waals surface area contributed by atoms with Gasteiger partial charge in [0.1, 0.15) is 5.82 Å². The van der Waals surface area contributed by atoms with E-state index in [0.29, 0.717) is 16.8 Å². The van der Waals surface area contributed by atoms with E-state index in [4.69, 9.17) is 4.74 Å². The Bertz CT molecular complexity index is 1200. The van der Waals surface area contributed by atoms with Gasteiger partial charge in [0.2, 0.25) is 15.6 Å². The van der Waals surface area contributed by atoms with Crippen molar-refractivity contribution in [2.75, 3.05) is 10.5 Å². The van der Waals surface area contributed by atoms with Gasteiger partial charge in [0.25, 0.3) is 0 Å². The summed E-state index contributed by atoms with van der Waals surface area (Å²) in [5.74, 6) is -0.852. The number of aromatic nitrogens is 3. The lowest BCUT2D eigenvalue weighted by Gasteiger charge is -2.12. The molecule has 0 amide bonds. The summed E-state index contributed by atoms with van der Waals surface area (Å²) >= 11 is 0. The number of para-hydroxylation sites is 1.